The van der Waals surface area contributed by atoms with E-state index in [1.54, 1.807) is 36.4 Å². The van der Waals surface area contributed by atoms with Crippen molar-refractivity contribution in [2.24, 2.45) is 0 Å². The summed E-state index contributed by atoms with van der Waals surface area (Å²) in [6.07, 6.45) is 0. The molecule has 0 aliphatic rings. The molecular weight excluding hydrogens is 296 g/mol. The molecule has 104 valence electrons. The highest BCUT2D eigenvalue weighted by Gasteiger charge is 2.17. The van der Waals surface area contributed by atoms with E-state index in [2.05, 4.69) is 6.58 Å². The molecule has 0 amide bonds. The highest BCUT2D eigenvalue weighted by atomic mass is 35.5. The van der Waals surface area contributed by atoms with Crippen LogP contribution >= 0.6 is 11.6 Å². The second-order valence-corrected chi connectivity index (χ2v) is 6.26. The summed E-state index contributed by atoms with van der Waals surface area (Å²) >= 11 is 5.77. The fraction of sp³-hybridized carbons (Fsp3) is 0.0667. The minimum Gasteiger partial charge on any atom is -0.379 e. The maximum absolute atomic E-state index is 12.1. The van der Waals surface area contributed by atoms with Crippen molar-refractivity contribution < 1.29 is 12.6 Å². The molecule has 0 radical (unpaired) electrons. The molecule has 0 heterocycles. The lowest BCUT2D eigenvalue weighted by molar-refractivity contribution is 0.464. The zero-order chi connectivity index (χ0) is 14.8. The number of hydrogen-bond donors (Lipinski definition) is 0. The first-order chi connectivity index (χ1) is 9.38. The highest BCUT2D eigenvalue weighted by Crippen LogP contribution is 2.22. The normalized spacial score (nSPS) is 11.1. The van der Waals surface area contributed by atoms with Crippen LogP contribution in [0.3, 0.4) is 0 Å². The first kappa shape index (κ1) is 14.6. The Morgan fingerprint density at radius 1 is 1.05 bits per heavy atom. The summed E-state index contributed by atoms with van der Waals surface area (Å²) in [4.78, 5) is 0.0956. The molecule has 0 atom stereocenters. The van der Waals surface area contributed by atoms with E-state index in [1.165, 1.54) is 12.1 Å². The van der Waals surface area contributed by atoms with E-state index < -0.39 is 10.1 Å². The average Bonchev–Trinajstić information content (AvgIpc) is 2.39. The Hall–Kier alpha value is -1.78. The molecule has 0 saturated carbocycles. The molecule has 2 aromatic carbocycles. The largest absolute Gasteiger partial charge is 0.379 e. The van der Waals surface area contributed by atoms with Crippen LogP contribution in [0.2, 0.25) is 5.02 Å². The van der Waals surface area contributed by atoms with Crippen molar-refractivity contribution in [1.29, 1.82) is 0 Å². The zero-order valence-corrected chi connectivity index (χ0v) is 12.4. The van der Waals surface area contributed by atoms with E-state index in [4.69, 9.17) is 15.8 Å². The number of aryl methyl sites for hydroxylation is 1. The molecule has 0 unspecified atom stereocenters. The van der Waals surface area contributed by atoms with Crippen molar-refractivity contribution in [3.8, 4) is 0 Å². The fourth-order valence-corrected chi connectivity index (χ4v) is 2.62. The predicted octanol–water partition coefficient (Wildman–Crippen LogP) is 4.02. The van der Waals surface area contributed by atoms with Crippen LogP contribution < -0.4 is 0 Å². The third-order valence-corrected chi connectivity index (χ3v) is 4.21. The molecule has 0 spiro atoms. The zero-order valence-electron chi connectivity index (χ0n) is 10.8. The molecule has 20 heavy (non-hydrogen) atoms. The number of rotatable bonds is 4. The van der Waals surface area contributed by atoms with Crippen LogP contribution in [0.25, 0.3) is 5.76 Å². The molecule has 2 aromatic rings. The summed E-state index contributed by atoms with van der Waals surface area (Å²) < 4.78 is 29.2. The summed E-state index contributed by atoms with van der Waals surface area (Å²) in [5, 5.41) is 0.558. The van der Waals surface area contributed by atoms with Gasteiger partial charge in [-0.05, 0) is 43.3 Å². The van der Waals surface area contributed by atoms with Gasteiger partial charge in [0.2, 0.25) is 0 Å². The Morgan fingerprint density at radius 2 is 1.60 bits per heavy atom. The van der Waals surface area contributed by atoms with E-state index in [0.29, 0.717) is 10.6 Å². The van der Waals surface area contributed by atoms with Gasteiger partial charge >= 0.3 is 10.1 Å². The Labute approximate surface area is 123 Å². The summed E-state index contributed by atoms with van der Waals surface area (Å²) in [6.45, 7) is 5.52. The predicted molar refractivity (Wildman–Crippen MR) is 79.9 cm³/mol. The molecule has 0 fully saturated rings. The van der Waals surface area contributed by atoms with E-state index in [0.717, 1.165) is 5.56 Å². The third-order valence-electron chi connectivity index (χ3n) is 2.69. The Morgan fingerprint density at radius 3 is 2.15 bits per heavy atom. The molecule has 0 N–H and O–H groups in total. The fourth-order valence-electron chi connectivity index (χ4n) is 1.57. The van der Waals surface area contributed by atoms with Crippen LogP contribution in [-0.4, -0.2) is 8.42 Å². The minimum absolute atomic E-state index is 0.0576. The smallest absolute Gasteiger partial charge is 0.339 e. The molecule has 0 aliphatic heterocycles. The van der Waals surface area contributed by atoms with Gasteiger partial charge < -0.3 is 4.18 Å². The molecule has 0 aliphatic carbocycles. The van der Waals surface area contributed by atoms with Crippen molar-refractivity contribution in [1.82, 2.24) is 0 Å². The Bertz CT molecular complexity index is 717. The topological polar surface area (TPSA) is 43.4 Å². The van der Waals surface area contributed by atoms with Gasteiger partial charge in [0.15, 0.2) is 0 Å². The highest BCUT2D eigenvalue weighted by molar-refractivity contribution is 7.87. The lowest BCUT2D eigenvalue weighted by Gasteiger charge is -2.09. The third kappa shape index (κ3) is 3.40. The Balaban J connectivity index is 2.22. The number of halogens is 1. The quantitative estimate of drug-likeness (QED) is 0.633. The van der Waals surface area contributed by atoms with Crippen LogP contribution in [-0.2, 0) is 14.3 Å². The lowest BCUT2D eigenvalue weighted by atomic mass is 10.2. The number of hydrogen-bond acceptors (Lipinski definition) is 3. The van der Waals surface area contributed by atoms with E-state index in [-0.39, 0.29) is 10.7 Å². The van der Waals surface area contributed by atoms with Gasteiger partial charge in [-0.2, -0.15) is 8.42 Å². The van der Waals surface area contributed by atoms with Gasteiger partial charge in [0, 0.05) is 10.6 Å². The first-order valence-corrected chi connectivity index (χ1v) is 7.63. The van der Waals surface area contributed by atoms with Crippen molar-refractivity contribution >= 4 is 27.5 Å². The maximum atomic E-state index is 12.1. The van der Waals surface area contributed by atoms with Crippen LogP contribution in [0.5, 0.6) is 0 Å². The second kappa shape index (κ2) is 5.69. The van der Waals surface area contributed by atoms with Gasteiger partial charge in [0.25, 0.3) is 0 Å². The summed E-state index contributed by atoms with van der Waals surface area (Å²) in [5.74, 6) is 0.0576. The molecule has 0 aromatic heterocycles. The maximum Gasteiger partial charge on any atom is 0.339 e. The van der Waals surface area contributed by atoms with Crippen molar-refractivity contribution in [3.63, 3.8) is 0 Å². The minimum atomic E-state index is -3.87. The van der Waals surface area contributed by atoms with Crippen molar-refractivity contribution in [3.05, 3.63) is 71.3 Å². The average molecular weight is 309 g/mol. The summed E-state index contributed by atoms with van der Waals surface area (Å²) in [7, 11) is -3.87. The van der Waals surface area contributed by atoms with Crippen LogP contribution in [0.15, 0.2) is 60.0 Å². The summed E-state index contributed by atoms with van der Waals surface area (Å²) in [6, 6.07) is 13.0. The lowest BCUT2D eigenvalue weighted by Crippen LogP contribution is -2.05. The Kier molecular flexibility index (Phi) is 4.16. The van der Waals surface area contributed by atoms with Gasteiger partial charge in [-0.15, -0.1) is 0 Å². The molecule has 3 nitrogen and oxygen atoms in total. The van der Waals surface area contributed by atoms with Crippen LogP contribution in [0.1, 0.15) is 11.1 Å². The van der Waals surface area contributed by atoms with Gasteiger partial charge in [-0.3, -0.25) is 0 Å². The van der Waals surface area contributed by atoms with Gasteiger partial charge in [-0.25, -0.2) is 0 Å². The molecule has 0 bridgehead atoms. The summed E-state index contributed by atoms with van der Waals surface area (Å²) in [5.41, 5.74) is 1.53. The van der Waals surface area contributed by atoms with E-state index in [1.807, 2.05) is 6.92 Å². The SMILES string of the molecule is C=C(OS(=O)(=O)c1ccc(C)cc1)c1ccc(Cl)cc1. The first-order valence-electron chi connectivity index (χ1n) is 5.84. The van der Waals surface area contributed by atoms with Gasteiger partial charge in [0.1, 0.15) is 10.7 Å². The molecular formula is C15H13ClO3S. The number of benzene rings is 2. The van der Waals surface area contributed by atoms with E-state index in [9.17, 15) is 8.42 Å². The van der Waals surface area contributed by atoms with Crippen LogP contribution in [0, 0.1) is 6.92 Å². The van der Waals surface area contributed by atoms with Crippen molar-refractivity contribution in [2.45, 2.75) is 11.8 Å². The second-order valence-electron chi connectivity index (χ2n) is 4.28. The molecule has 0 saturated heterocycles. The van der Waals surface area contributed by atoms with Gasteiger partial charge in [-0.1, -0.05) is 35.9 Å². The molecule has 5 heteroatoms. The monoisotopic (exact) mass is 308 g/mol. The van der Waals surface area contributed by atoms with Gasteiger partial charge in [0.05, 0.1) is 0 Å². The molecule has 2 rings (SSSR count). The standard InChI is InChI=1S/C15H13ClO3S/c1-11-3-9-15(10-4-11)20(17,18)19-12(2)13-5-7-14(16)8-6-13/h3-10H,2H2,1H3. The van der Waals surface area contributed by atoms with E-state index >= 15 is 0 Å². The van der Waals surface area contributed by atoms with Crippen LogP contribution in [0.4, 0.5) is 0 Å². The van der Waals surface area contributed by atoms with Crippen molar-refractivity contribution in [2.75, 3.05) is 0 Å².